The number of thiophene rings is 1. The van der Waals surface area contributed by atoms with Gasteiger partial charge in [0.15, 0.2) is 5.57 Å². The zero-order valence-electron chi connectivity index (χ0n) is 9.32. The Balaban J connectivity index is 3.25. The van der Waals surface area contributed by atoms with Crippen LogP contribution in [-0.2, 0) is 0 Å². The summed E-state index contributed by atoms with van der Waals surface area (Å²) in [5.41, 5.74) is 4.81. The highest BCUT2D eigenvalue weighted by molar-refractivity contribution is 7.16. The molecule has 7 nitrogen and oxygen atoms in total. The maximum Gasteiger partial charge on any atom is 0.324 e. The van der Waals surface area contributed by atoms with E-state index in [9.17, 15) is 10.1 Å². The van der Waals surface area contributed by atoms with Gasteiger partial charge in [0.05, 0.1) is 16.2 Å². The van der Waals surface area contributed by atoms with Crippen LogP contribution in [0.2, 0.25) is 0 Å². The third-order valence-electron chi connectivity index (χ3n) is 1.98. The molecule has 2 N–H and O–H groups in total. The summed E-state index contributed by atoms with van der Waals surface area (Å²) in [6.45, 7) is 0. The summed E-state index contributed by atoms with van der Waals surface area (Å²) in [4.78, 5) is 10.4. The van der Waals surface area contributed by atoms with E-state index in [0.29, 0.717) is 4.88 Å². The molecule has 0 aliphatic carbocycles. The predicted octanol–water partition coefficient (Wildman–Crippen LogP) is 1.82. The summed E-state index contributed by atoms with van der Waals surface area (Å²) < 4.78 is 0. The molecule has 0 unspecified atom stereocenters. The van der Waals surface area contributed by atoms with Crippen LogP contribution in [-0.4, -0.2) is 4.92 Å². The van der Waals surface area contributed by atoms with Gasteiger partial charge < -0.3 is 5.73 Å². The molecular weight excluding hydrogens is 266 g/mol. The summed E-state index contributed by atoms with van der Waals surface area (Å²) in [6, 6.07) is 7.64. The molecule has 0 saturated carbocycles. The van der Waals surface area contributed by atoms with E-state index < -0.39 is 4.92 Å². The number of nitrogens with two attached hydrogens (primary N) is 1. The normalized spacial score (nSPS) is 9.84. The molecule has 1 aromatic rings. The van der Waals surface area contributed by atoms with E-state index in [2.05, 4.69) is 0 Å². The number of nitrogens with zero attached hydrogens (tertiary/aromatic N) is 4. The van der Waals surface area contributed by atoms with Crippen LogP contribution >= 0.6 is 11.3 Å². The van der Waals surface area contributed by atoms with Gasteiger partial charge in [-0.1, -0.05) is 11.3 Å². The SMILES string of the molecule is N#CC(C#N)=C(N)/C(C#N)=C\c1ccc([N+](=O)[O-])s1. The van der Waals surface area contributed by atoms with Crippen LogP contribution < -0.4 is 5.73 Å². The Hall–Kier alpha value is -3.15. The molecule has 1 aromatic heterocycles. The van der Waals surface area contributed by atoms with Crippen molar-refractivity contribution in [1.29, 1.82) is 15.8 Å². The lowest BCUT2D eigenvalue weighted by atomic mass is 10.1. The molecule has 0 spiro atoms. The first-order valence-corrected chi connectivity index (χ1v) is 5.51. The Morgan fingerprint density at radius 3 is 2.37 bits per heavy atom. The summed E-state index contributed by atoms with van der Waals surface area (Å²) >= 11 is 0.858. The summed E-state index contributed by atoms with van der Waals surface area (Å²) in [5.74, 6) is 0. The Bertz CT molecular complexity index is 693. The lowest BCUT2D eigenvalue weighted by Gasteiger charge is -1.97. The van der Waals surface area contributed by atoms with Gasteiger partial charge in [0.1, 0.15) is 18.2 Å². The highest BCUT2D eigenvalue weighted by Crippen LogP contribution is 2.26. The molecule has 8 heteroatoms. The van der Waals surface area contributed by atoms with Crippen LogP contribution in [0.1, 0.15) is 4.88 Å². The van der Waals surface area contributed by atoms with E-state index >= 15 is 0 Å². The quantitative estimate of drug-likeness (QED) is 0.384. The summed E-state index contributed by atoms with van der Waals surface area (Å²) in [6.07, 6.45) is 1.29. The van der Waals surface area contributed by atoms with Crippen molar-refractivity contribution in [3.05, 3.63) is 44.0 Å². The molecule has 0 bridgehead atoms. The van der Waals surface area contributed by atoms with Crippen molar-refractivity contribution in [2.45, 2.75) is 0 Å². The van der Waals surface area contributed by atoms with Gasteiger partial charge in [-0.15, -0.1) is 0 Å². The Morgan fingerprint density at radius 1 is 1.32 bits per heavy atom. The van der Waals surface area contributed by atoms with Gasteiger partial charge in [-0.3, -0.25) is 10.1 Å². The molecule has 0 atom stereocenters. The first-order chi connectivity index (χ1) is 9.03. The first kappa shape index (κ1) is 13.9. The van der Waals surface area contributed by atoms with Gasteiger partial charge in [0.2, 0.25) is 0 Å². The average molecular weight is 271 g/mol. The standard InChI is InChI=1S/C11H5N5O2S/c12-4-7(11(15)8(5-13)6-14)3-9-1-2-10(19-9)16(17)18/h1-3H,15H2/b7-3-. The van der Waals surface area contributed by atoms with E-state index in [1.807, 2.05) is 0 Å². The Kier molecular flexibility index (Phi) is 4.37. The van der Waals surface area contributed by atoms with E-state index in [1.165, 1.54) is 18.2 Å². The number of rotatable bonds is 3. The third-order valence-corrected chi connectivity index (χ3v) is 2.97. The molecule has 1 heterocycles. The van der Waals surface area contributed by atoms with Gasteiger partial charge in [0, 0.05) is 10.9 Å². The van der Waals surface area contributed by atoms with Crippen LogP contribution in [0.15, 0.2) is 29.0 Å². The minimum atomic E-state index is -0.552. The maximum atomic E-state index is 10.5. The van der Waals surface area contributed by atoms with Gasteiger partial charge in [0.25, 0.3) is 0 Å². The minimum Gasteiger partial charge on any atom is -0.396 e. The molecule has 0 aliphatic rings. The van der Waals surface area contributed by atoms with E-state index in [1.54, 1.807) is 18.2 Å². The topological polar surface area (TPSA) is 141 Å². The van der Waals surface area contributed by atoms with Crippen molar-refractivity contribution in [3.63, 3.8) is 0 Å². The lowest BCUT2D eigenvalue weighted by Crippen LogP contribution is -2.03. The number of nitriles is 3. The van der Waals surface area contributed by atoms with E-state index in [0.717, 1.165) is 11.3 Å². The second kappa shape index (κ2) is 5.97. The van der Waals surface area contributed by atoms with Crippen molar-refractivity contribution >= 4 is 22.4 Å². The average Bonchev–Trinajstić information content (AvgIpc) is 2.86. The fourth-order valence-corrected chi connectivity index (χ4v) is 1.88. The van der Waals surface area contributed by atoms with Gasteiger partial charge in [-0.05, 0) is 12.1 Å². The highest BCUT2D eigenvalue weighted by atomic mass is 32.1. The second-order valence-corrected chi connectivity index (χ2v) is 4.21. The van der Waals surface area contributed by atoms with Gasteiger partial charge in [-0.25, -0.2) is 0 Å². The Morgan fingerprint density at radius 2 is 1.95 bits per heavy atom. The molecule has 92 valence electrons. The van der Waals surface area contributed by atoms with Crippen molar-refractivity contribution in [3.8, 4) is 18.2 Å². The van der Waals surface area contributed by atoms with Crippen LogP contribution in [0.25, 0.3) is 6.08 Å². The number of nitro groups is 1. The van der Waals surface area contributed by atoms with Crippen molar-refractivity contribution < 1.29 is 4.92 Å². The molecule has 0 fully saturated rings. The number of hydrogen-bond donors (Lipinski definition) is 1. The molecule has 0 saturated heterocycles. The molecular formula is C11H5N5O2S. The van der Waals surface area contributed by atoms with Crippen LogP contribution in [0.5, 0.6) is 0 Å². The molecule has 19 heavy (non-hydrogen) atoms. The van der Waals surface area contributed by atoms with E-state index in [4.69, 9.17) is 21.5 Å². The smallest absolute Gasteiger partial charge is 0.324 e. The monoisotopic (exact) mass is 271 g/mol. The molecule has 1 rings (SSSR count). The molecule has 0 amide bonds. The van der Waals surface area contributed by atoms with Crippen molar-refractivity contribution in [1.82, 2.24) is 0 Å². The molecule has 0 aliphatic heterocycles. The predicted molar refractivity (Wildman–Crippen MR) is 67.0 cm³/mol. The lowest BCUT2D eigenvalue weighted by molar-refractivity contribution is -0.380. The fourth-order valence-electron chi connectivity index (χ4n) is 1.11. The second-order valence-electron chi connectivity index (χ2n) is 3.12. The number of allylic oxidation sites excluding steroid dienone is 2. The number of hydrogen-bond acceptors (Lipinski definition) is 7. The fraction of sp³-hybridized carbons (Fsp3) is 0. The van der Waals surface area contributed by atoms with Crippen LogP contribution in [0, 0.1) is 44.1 Å². The van der Waals surface area contributed by atoms with Gasteiger partial charge in [-0.2, -0.15) is 15.8 Å². The summed E-state index contributed by atoms with van der Waals surface area (Å²) in [5, 5.41) is 36.7. The van der Waals surface area contributed by atoms with E-state index in [-0.39, 0.29) is 21.8 Å². The third kappa shape index (κ3) is 3.16. The highest BCUT2D eigenvalue weighted by Gasteiger charge is 2.11. The summed E-state index contributed by atoms with van der Waals surface area (Å²) in [7, 11) is 0. The maximum absolute atomic E-state index is 10.5. The largest absolute Gasteiger partial charge is 0.396 e. The molecule has 0 aromatic carbocycles. The van der Waals surface area contributed by atoms with Crippen molar-refractivity contribution in [2.24, 2.45) is 5.73 Å². The van der Waals surface area contributed by atoms with Crippen LogP contribution in [0.3, 0.4) is 0 Å². The zero-order valence-corrected chi connectivity index (χ0v) is 10.1. The van der Waals surface area contributed by atoms with Gasteiger partial charge >= 0.3 is 5.00 Å². The van der Waals surface area contributed by atoms with Crippen LogP contribution in [0.4, 0.5) is 5.00 Å². The Labute approximate surface area is 111 Å². The molecule has 0 radical (unpaired) electrons. The first-order valence-electron chi connectivity index (χ1n) is 4.69. The minimum absolute atomic E-state index is 0.0770. The van der Waals surface area contributed by atoms with Crippen molar-refractivity contribution in [2.75, 3.05) is 0 Å². The zero-order chi connectivity index (χ0) is 14.4.